The van der Waals surface area contributed by atoms with Gasteiger partial charge in [0.1, 0.15) is 18.6 Å². The minimum atomic E-state index is 0.291. The van der Waals surface area contributed by atoms with Crippen molar-refractivity contribution in [1.29, 1.82) is 0 Å². The molecule has 10 unspecified atom stereocenters. The van der Waals surface area contributed by atoms with E-state index in [1.165, 1.54) is 45.6 Å². The van der Waals surface area contributed by atoms with Crippen LogP contribution in [-0.2, 0) is 23.7 Å². The molecule has 0 amide bonds. The minimum Gasteiger partial charge on any atom is -0.489 e. The predicted molar refractivity (Wildman–Crippen MR) is 405 cm³/mol. The molecule has 0 bridgehead atoms. The monoisotopic (exact) mass is 1320 g/mol. The zero-order valence-corrected chi connectivity index (χ0v) is 66.8. The van der Waals surface area contributed by atoms with Crippen molar-refractivity contribution in [3.8, 4) is 5.75 Å². The highest BCUT2D eigenvalue weighted by Gasteiger charge is 2.39. The van der Waals surface area contributed by atoms with Crippen molar-refractivity contribution in [2.75, 3.05) is 26.6 Å². The largest absolute Gasteiger partial charge is 0.489 e. The van der Waals surface area contributed by atoms with Gasteiger partial charge in [-0.3, -0.25) is 10.4 Å². The fraction of sp³-hybridized carbons (Fsp3) is 0.750. The molecule has 544 valence electrons. The van der Waals surface area contributed by atoms with Gasteiger partial charge in [0.15, 0.2) is 0 Å². The summed E-state index contributed by atoms with van der Waals surface area (Å²) in [5, 5.41) is 8.02. The Labute approximate surface area is 585 Å². The van der Waals surface area contributed by atoms with E-state index in [4.69, 9.17) is 28.4 Å². The average Bonchev–Trinajstić information content (AvgIpc) is 1.65. The molecule has 5 aliphatic heterocycles. The second-order valence-corrected chi connectivity index (χ2v) is 32.7. The van der Waals surface area contributed by atoms with E-state index in [9.17, 15) is 0 Å². The van der Waals surface area contributed by atoms with E-state index >= 15 is 0 Å². The first-order valence-corrected chi connectivity index (χ1v) is 37.7. The summed E-state index contributed by atoms with van der Waals surface area (Å²) in [7, 11) is 0. The summed E-state index contributed by atoms with van der Waals surface area (Å²) in [6.07, 6.45) is 7.23. The highest BCUT2D eigenvalue weighted by Crippen LogP contribution is 2.45. The van der Waals surface area contributed by atoms with E-state index in [0.29, 0.717) is 150 Å². The molecule has 11 heteroatoms. The number of fused-ring (bicyclic) bond motifs is 1. The van der Waals surface area contributed by atoms with Gasteiger partial charge in [0.25, 0.3) is 0 Å². The van der Waals surface area contributed by atoms with Crippen LogP contribution < -0.4 is 10.2 Å². The van der Waals surface area contributed by atoms with Gasteiger partial charge in [-0.05, 0) is 147 Å². The van der Waals surface area contributed by atoms with E-state index < -0.39 is 0 Å². The van der Waals surface area contributed by atoms with Crippen molar-refractivity contribution in [2.24, 2.45) is 75.4 Å². The molecule has 2 N–H and O–H groups in total. The molecule has 3 fully saturated rings. The summed E-state index contributed by atoms with van der Waals surface area (Å²) in [5.41, 5.74) is 12.9. The number of H-pyrrole nitrogens is 1. The van der Waals surface area contributed by atoms with Gasteiger partial charge in [0.2, 0.25) is 0 Å². The Kier molecular flexibility index (Phi) is 40.4. The van der Waals surface area contributed by atoms with Crippen molar-refractivity contribution in [3.63, 3.8) is 0 Å². The molecule has 0 spiro atoms. The van der Waals surface area contributed by atoms with Crippen LogP contribution in [0.3, 0.4) is 0 Å². The first-order valence-electron chi connectivity index (χ1n) is 37.7. The topological polar surface area (TPSA) is 121 Å². The molecule has 0 aliphatic carbocycles. The van der Waals surface area contributed by atoms with Crippen molar-refractivity contribution < 1.29 is 28.4 Å². The number of pyridine rings is 1. The number of benzene rings is 2. The van der Waals surface area contributed by atoms with Crippen LogP contribution in [0.1, 0.15) is 309 Å². The Hall–Kier alpha value is -4.13. The molecule has 11 nitrogen and oxygen atoms in total. The molecule has 10 atom stereocenters. The highest BCUT2D eigenvalue weighted by atomic mass is 16.7. The van der Waals surface area contributed by atoms with E-state index in [1.54, 1.807) is 0 Å². The van der Waals surface area contributed by atoms with Crippen LogP contribution in [0, 0.1) is 65.1 Å². The summed E-state index contributed by atoms with van der Waals surface area (Å²) in [5.74, 6) is 12.2. The van der Waals surface area contributed by atoms with Gasteiger partial charge < -0.3 is 33.4 Å². The van der Waals surface area contributed by atoms with Crippen LogP contribution in [-0.4, -0.2) is 85.3 Å². The molecular formula is C84H147N5O6. The summed E-state index contributed by atoms with van der Waals surface area (Å²) < 4.78 is 34.0. The summed E-state index contributed by atoms with van der Waals surface area (Å²) in [6, 6.07) is 24.4. The van der Waals surface area contributed by atoms with E-state index in [-0.39, 0.29) is 0 Å². The standard InChI is InChI=1S/C14H20O.C12H18.C11H17N.C10H17N.C10H20O2.C10H20O.C9H18O2.C8H17N3/c1-9(2)13-11-7-5-6-8-12(11)15-14(13)10(3)4;1-9(2)11-7-5-6-8-12(11)10(3)4;1-8(2)10-6-5-7-12-11(10)9(3)4;1-7(2)9-5-6-11-10(9)8(3)4;1-7(2)9-10(8(3)4)12-6-5-11-9;1-7(2)9-5-6-11-10(9)8(3)4;1-6(2)8-9(7(3)4)11-5-10-8;1-5(2)7-8(6(3)4)10-11-9-7/h5-10,13-14H,1-4H3;5-10H,1-4H3;5-9H,1-4H3;5-8,11H,1-4H3;7-10H,5-6H2,1-4H3;7-10H,5-6H2,1-4H3;6-9H,5H2,1-4H3;5-8H,1-4H3,(H,9,10). The van der Waals surface area contributed by atoms with Gasteiger partial charge in [0, 0.05) is 41.9 Å². The SMILES string of the molecule is CC(C)C1CCOC1C(C)C.CC(C)C1N=NNC1C(C)C.CC(C)C1OCCOC1C(C)C.CC(C)C1OCOC1C(C)C.CC(C)C1Oc2ccccc2C1C(C)C.CC(C)c1cc[nH]c1C(C)C.CC(C)c1ccccc1C(C)C.CC(C)c1cccnc1C(C)C. The second kappa shape index (κ2) is 44.1. The quantitative estimate of drug-likeness (QED) is 0.114. The summed E-state index contributed by atoms with van der Waals surface area (Å²) >= 11 is 0. The fourth-order valence-corrected chi connectivity index (χ4v) is 13.6. The molecular weight excluding hydrogens is 1170 g/mol. The van der Waals surface area contributed by atoms with E-state index in [0.717, 1.165) is 37.4 Å². The maximum atomic E-state index is 6.04. The van der Waals surface area contributed by atoms with Crippen molar-refractivity contribution in [3.05, 3.63) is 118 Å². The maximum absolute atomic E-state index is 6.04. The van der Waals surface area contributed by atoms with Crippen LogP contribution in [0.15, 0.2) is 89.5 Å². The van der Waals surface area contributed by atoms with Crippen LogP contribution in [0.5, 0.6) is 5.75 Å². The second-order valence-electron chi connectivity index (χ2n) is 32.7. The molecule has 9 rings (SSSR count). The number of hydrogen-bond donors (Lipinski definition) is 2. The Morgan fingerprint density at radius 2 is 0.821 bits per heavy atom. The summed E-state index contributed by atoms with van der Waals surface area (Å²) in [4.78, 5) is 7.69. The van der Waals surface area contributed by atoms with Gasteiger partial charge in [-0.1, -0.05) is 275 Å². The first-order chi connectivity index (χ1) is 44.5. The number of hydrogen-bond acceptors (Lipinski definition) is 10. The zero-order valence-electron chi connectivity index (χ0n) is 66.8. The number of ether oxygens (including phenoxy) is 6. The number of nitrogens with one attached hydrogen (secondary N) is 2. The third kappa shape index (κ3) is 28.6. The third-order valence-corrected chi connectivity index (χ3v) is 18.9. The smallest absolute Gasteiger partial charge is 0.147 e. The van der Waals surface area contributed by atoms with E-state index in [2.05, 4.69) is 308 Å². The van der Waals surface area contributed by atoms with Gasteiger partial charge in [-0.15, -0.1) is 0 Å². The fourth-order valence-electron chi connectivity index (χ4n) is 13.6. The predicted octanol–water partition coefficient (Wildman–Crippen LogP) is 23.2. The molecule has 4 aromatic rings. The lowest BCUT2D eigenvalue weighted by atomic mass is 9.81. The first kappa shape index (κ1) is 87.0. The Balaban J connectivity index is 0.000000370. The Morgan fingerprint density at radius 3 is 1.19 bits per heavy atom. The van der Waals surface area contributed by atoms with Crippen LogP contribution in [0.4, 0.5) is 0 Å². The van der Waals surface area contributed by atoms with Crippen LogP contribution >= 0.6 is 0 Å². The van der Waals surface area contributed by atoms with Crippen LogP contribution in [0.25, 0.3) is 0 Å². The molecule has 0 saturated carbocycles. The van der Waals surface area contributed by atoms with Gasteiger partial charge in [0.05, 0.1) is 55.8 Å². The molecule has 5 aliphatic rings. The number of nitrogens with zero attached hydrogens (tertiary/aromatic N) is 3. The number of aromatic nitrogens is 2. The normalized spacial score (nSPS) is 22.9. The third-order valence-electron chi connectivity index (χ3n) is 18.9. The van der Waals surface area contributed by atoms with Crippen molar-refractivity contribution >= 4 is 0 Å². The van der Waals surface area contributed by atoms with E-state index in [1.807, 2.05) is 18.5 Å². The Bertz CT molecular complexity index is 2430. The van der Waals surface area contributed by atoms with Gasteiger partial charge >= 0.3 is 0 Å². The lowest BCUT2D eigenvalue weighted by Crippen LogP contribution is -2.44. The van der Waals surface area contributed by atoms with Crippen molar-refractivity contribution in [1.82, 2.24) is 15.4 Å². The maximum Gasteiger partial charge on any atom is 0.147 e. The minimum absolute atomic E-state index is 0.291. The molecule has 2 aromatic heterocycles. The molecule has 3 saturated heterocycles. The molecule has 7 heterocycles. The zero-order chi connectivity index (χ0) is 72.1. The van der Waals surface area contributed by atoms with Crippen LogP contribution in [0.2, 0.25) is 0 Å². The number of para-hydroxylation sites is 1. The number of rotatable bonds is 16. The highest BCUT2D eigenvalue weighted by molar-refractivity contribution is 5.41. The molecule has 95 heavy (non-hydrogen) atoms. The lowest BCUT2D eigenvalue weighted by molar-refractivity contribution is -0.169. The molecule has 2 aromatic carbocycles. The lowest BCUT2D eigenvalue weighted by Gasteiger charge is -2.36. The molecule has 0 radical (unpaired) electrons. The summed E-state index contributed by atoms with van der Waals surface area (Å²) in [6.45, 7) is 74.1. The van der Waals surface area contributed by atoms with Gasteiger partial charge in [-0.2, -0.15) is 5.11 Å². The van der Waals surface area contributed by atoms with Crippen molar-refractivity contribution in [2.45, 2.75) is 318 Å². The number of aromatic amines is 1. The Morgan fingerprint density at radius 1 is 0.379 bits per heavy atom. The van der Waals surface area contributed by atoms with Gasteiger partial charge in [-0.25, -0.2) is 0 Å². The average molecular weight is 1320 g/mol.